The molecule has 0 radical (unpaired) electrons. The summed E-state index contributed by atoms with van der Waals surface area (Å²) in [4.78, 5) is 28.8. The van der Waals surface area contributed by atoms with Crippen molar-refractivity contribution in [2.45, 2.75) is 56.4 Å². The molecule has 1 N–H and O–H groups in total. The van der Waals surface area contributed by atoms with Gasteiger partial charge in [0.15, 0.2) is 15.8 Å². The lowest BCUT2D eigenvalue weighted by atomic mass is 9.94. The Morgan fingerprint density at radius 3 is 2.53 bits per heavy atom. The van der Waals surface area contributed by atoms with Gasteiger partial charge in [-0.3, -0.25) is 14.5 Å². The number of benzene rings is 3. The van der Waals surface area contributed by atoms with Crippen LogP contribution in [0.15, 0.2) is 70.6 Å². The Labute approximate surface area is 269 Å². The van der Waals surface area contributed by atoms with E-state index >= 15 is 0 Å². The number of nitrogens with zero attached hydrogens (tertiary/aromatic N) is 3. The van der Waals surface area contributed by atoms with Gasteiger partial charge in [0, 0.05) is 17.7 Å². The van der Waals surface area contributed by atoms with Crippen LogP contribution in [0.5, 0.6) is 17.2 Å². The second-order valence-corrected chi connectivity index (χ2v) is 13.0. The maximum absolute atomic E-state index is 13.8. The summed E-state index contributed by atoms with van der Waals surface area (Å²) in [5.41, 5.74) is 4.19. The predicted molar refractivity (Wildman–Crippen MR) is 174 cm³/mol. The lowest BCUT2D eigenvalue weighted by Crippen LogP contribution is -2.29. The Morgan fingerprint density at radius 1 is 1.02 bits per heavy atom. The average molecular weight is 644 g/mol. The normalized spacial score (nSPS) is 18.6. The molecule has 4 aromatic rings. The molecule has 232 valence electrons. The summed E-state index contributed by atoms with van der Waals surface area (Å²) in [5.74, 6) is 0.559. The second-order valence-electron chi connectivity index (χ2n) is 10.8. The monoisotopic (exact) mass is 643 g/mol. The van der Waals surface area contributed by atoms with Crippen molar-refractivity contribution in [2.75, 3.05) is 18.1 Å². The topological polar surface area (TPSA) is 111 Å². The number of hydrogen-bond acceptors (Lipinski definition) is 10. The third kappa shape index (κ3) is 6.14. The first-order valence-electron chi connectivity index (χ1n) is 14.8. The molecule has 0 bridgehead atoms. The number of fused-ring (bicyclic) bond motifs is 1. The van der Waals surface area contributed by atoms with Gasteiger partial charge in [0.25, 0.3) is 5.78 Å². The number of anilines is 1. The molecule has 1 aromatic heterocycles. The van der Waals surface area contributed by atoms with Crippen LogP contribution in [-0.4, -0.2) is 46.3 Å². The van der Waals surface area contributed by atoms with Crippen LogP contribution in [0.3, 0.4) is 0 Å². The molecular formula is C34H33N3O6S2. The molecule has 2 atom stereocenters. The number of hydrogen-bond donors (Lipinski definition) is 1. The number of ether oxygens (including phenoxy) is 3. The molecule has 0 aliphatic carbocycles. The van der Waals surface area contributed by atoms with E-state index in [4.69, 9.17) is 14.2 Å². The fraction of sp³-hybridized carbons (Fsp3) is 0.294. The molecule has 1 fully saturated rings. The third-order valence-electron chi connectivity index (χ3n) is 7.58. The van der Waals surface area contributed by atoms with Crippen molar-refractivity contribution in [3.8, 4) is 17.2 Å². The standard InChI is InChI=1S/C34H33N3O6S2/c1-5-41-26-14-11-22(17-27(26)42-6-2)29-28(30(38)23-12-13-25-24(16-23)15-20(4)43-25)31(39)32(40)37(29)33-35-36-34(45-33)44-18-21-9-7-19(3)8-10-21/h7-14,16-17,20,29,38H,5-6,15,18H2,1-4H3/b30-28+. The van der Waals surface area contributed by atoms with E-state index in [1.165, 1.54) is 33.6 Å². The molecule has 1 saturated heterocycles. The van der Waals surface area contributed by atoms with Gasteiger partial charge in [-0.25, -0.2) is 0 Å². The lowest BCUT2D eigenvalue weighted by molar-refractivity contribution is -0.132. The third-order valence-corrected chi connectivity index (χ3v) is 9.71. The van der Waals surface area contributed by atoms with Crippen LogP contribution in [0.4, 0.5) is 5.13 Å². The smallest absolute Gasteiger partial charge is 0.301 e. The zero-order valence-corrected chi connectivity index (χ0v) is 27.0. The van der Waals surface area contributed by atoms with E-state index in [1.54, 1.807) is 30.3 Å². The van der Waals surface area contributed by atoms with Crippen LogP contribution < -0.4 is 19.1 Å². The minimum Gasteiger partial charge on any atom is -0.507 e. The number of aromatic nitrogens is 2. The molecule has 45 heavy (non-hydrogen) atoms. The van der Waals surface area contributed by atoms with Crippen molar-refractivity contribution in [3.63, 3.8) is 0 Å². The van der Waals surface area contributed by atoms with Crippen molar-refractivity contribution >= 4 is 45.7 Å². The number of rotatable bonds is 10. The van der Waals surface area contributed by atoms with Crippen LogP contribution >= 0.6 is 23.1 Å². The van der Waals surface area contributed by atoms with Crippen LogP contribution in [0.2, 0.25) is 0 Å². The first-order chi connectivity index (χ1) is 21.8. The predicted octanol–water partition coefficient (Wildman–Crippen LogP) is 6.89. The van der Waals surface area contributed by atoms with Crippen molar-refractivity contribution in [3.05, 3.63) is 94.1 Å². The number of carbonyl (C=O) groups excluding carboxylic acids is 2. The van der Waals surface area contributed by atoms with Crippen LogP contribution in [0, 0.1) is 6.92 Å². The van der Waals surface area contributed by atoms with Gasteiger partial charge in [-0.2, -0.15) is 0 Å². The minimum atomic E-state index is -0.980. The molecule has 2 unspecified atom stereocenters. The second kappa shape index (κ2) is 12.9. The highest BCUT2D eigenvalue weighted by molar-refractivity contribution is 8.00. The van der Waals surface area contributed by atoms with E-state index in [0.29, 0.717) is 52.4 Å². The Morgan fingerprint density at radius 2 is 1.78 bits per heavy atom. The van der Waals surface area contributed by atoms with Gasteiger partial charge in [0.05, 0.1) is 24.8 Å². The fourth-order valence-corrected chi connectivity index (χ4v) is 7.32. The Hall–Kier alpha value is -4.35. The fourth-order valence-electron chi connectivity index (χ4n) is 5.50. The summed E-state index contributed by atoms with van der Waals surface area (Å²) in [7, 11) is 0. The molecule has 3 aromatic carbocycles. The summed E-state index contributed by atoms with van der Waals surface area (Å²) in [5, 5.41) is 20.6. The zero-order valence-electron chi connectivity index (χ0n) is 25.4. The molecule has 0 spiro atoms. The lowest BCUT2D eigenvalue weighted by Gasteiger charge is -2.23. The highest BCUT2D eigenvalue weighted by Gasteiger charge is 2.48. The highest BCUT2D eigenvalue weighted by atomic mass is 32.2. The number of aliphatic hydroxyl groups excluding tert-OH is 1. The highest BCUT2D eigenvalue weighted by Crippen LogP contribution is 2.46. The van der Waals surface area contributed by atoms with Crippen molar-refractivity contribution < 1.29 is 28.9 Å². The number of Topliss-reactive ketones (excluding diaryl/α,β-unsaturated/α-hetero) is 1. The quantitative estimate of drug-likeness (QED) is 0.0650. The average Bonchev–Trinajstić information content (AvgIpc) is 3.72. The number of aryl methyl sites for hydroxylation is 1. The molecule has 9 nitrogen and oxygen atoms in total. The molecule has 1 amide bonds. The maximum Gasteiger partial charge on any atom is 0.301 e. The van der Waals surface area contributed by atoms with Crippen LogP contribution in [-0.2, 0) is 21.8 Å². The van der Waals surface area contributed by atoms with Gasteiger partial charge in [0.1, 0.15) is 17.6 Å². The molecule has 11 heteroatoms. The van der Waals surface area contributed by atoms with Gasteiger partial charge >= 0.3 is 5.91 Å². The molecule has 2 aliphatic heterocycles. The van der Waals surface area contributed by atoms with Gasteiger partial charge in [-0.05, 0) is 74.7 Å². The van der Waals surface area contributed by atoms with E-state index in [0.717, 1.165) is 16.9 Å². The van der Waals surface area contributed by atoms with Crippen molar-refractivity contribution in [1.29, 1.82) is 0 Å². The molecular weight excluding hydrogens is 611 g/mol. The maximum atomic E-state index is 13.8. The summed E-state index contributed by atoms with van der Waals surface area (Å²) < 4.78 is 18.1. The van der Waals surface area contributed by atoms with E-state index in [1.807, 2.05) is 33.8 Å². The first kappa shape index (κ1) is 30.7. The Kier molecular flexibility index (Phi) is 8.82. The number of amides is 1. The van der Waals surface area contributed by atoms with E-state index in [9.17, 15) is 14.7 Å². The Balaban J connectivity index is 1.42. The molecule has 6 rings (SSSR count). The molecule has 0 saturated carbocycles. The van der Waals surface area contributed by atoms with E-state index in [-0.39, 0.29) is 22.6 Å². The van der Waals surface area contributed by atoms with Crippen molar-refractivity contribution in [2.24, 2.45) is 0 Å². The molecule has 2 aliphatic rings. The van der Waals surface area contributed by atoms with Crippen LogP contribution in [0.1, 0.15) is 54.6 Å². The number of aliphatic hydroxyl groups is 1. The summed E-state index contributed by atoms with van der Waals surface area (Å²) in [6.45, 7) is 8.58. The summed E-state index contributed by atoms with van der Waals surface area (Å²) in [6, 6.07) is 17.8. The van der Waals surface area contributed by atoms with Gasteiger partial charge in [-0.1, -0.05) is 59.0 Å². The van der Waals surface area contributed by atoms with Gasteiger partial charge in [0.2, 0.25) is 5.13 Å². The Bertz CT molecular complexity index is 1780. The van der Waals surface area contributed by atoms with Crippen molar-refractivity contribution in [1.82, 2.24) is 10.2 Å². The summed E-state index contributed by atoms with van der Waals surface area (Å²) in [6.07, 6.45) is 0.692. The number of ketones is 1. The largest absolute Gasteiger partial charge is 0.507 e. The van der Waals surface area contributed by atoms with Gasteiger partial charge in [-0.15, -0.1) is 10.2 Å². The SMILES string of the molecule is CCOc1ccc(C2/C(=C(\O)c3ccc4c(c3)CC(C)O4)C(=O)C(=O)N2c2nnc(SCc3ccc(C)cc3)s2)cc1OCC. The number of carbonyl (C=O) groups is 2. The number of thioether (sulfide) groups is 1. The molecule has 3 heterocycles. The van der Waals surface area contributed by atoms with E-state index < -0.39 is 17.7 Å². The van der Waals surface area contributed by atoms with Gasteiger partial charge < -0.3 is 19.3 Å². The van der Waals surface area contributed by atoms with E-state index in [2.05, 4.69) is 34.5 Å². The first-order valence-corrected chi connectivity index (χ1v) is 16.6. The zero-order chi connectivity index (χ0) is 31.7. The van der Waals surface area contributed by atoms with Crippen LogP contribution in [0.25, 0.3) is 5.76 Å². The minimum absolute atomic E-state index is 0.0132. The summed E-state index contributed by atoms with van der Waals surface area (Å²) >= 11 is 2.73.